The molecule has 1 saturated carbocycles. The summed E-state index contributed by atoms with van der Waals surface area (Å²) in [5.41, 5.74) is 8.61. The summed E-state index contributed by atoms with van der Waals surface area (Å²) >= 11 is 0. The van der Waals surface area contributed by atoms with E-state index >= 15 is 0 Å². The molecule has 1 aromatic heterocycles. The maximum Gasteiger partial charge on any atom is 0.276 e. The first-order valence-electron chi connectivity index (χ1n) is 8.16. The Morgan fingerprint density at radius 3 is 2.96 bits per heavy atom. The maximum atomic E-state index is 12.7. The number of amides is 1. The van der Waals surface area contributed by atoms with Crippen molar-refractivity contribution in [2.24, 2.45) is 17.6 Å². The molecule has 2 aliphatic rings. The highest BCUT2D eigenvalue weighted by Crippen LogP contribution is 2.37. The quantitative estimate of drug-likeness (QED) is 0.909. The Balaban J connectivity index is 1.52. The van der Waals surface area contributed by atoms with Gasteiger partial charge >= 0.3 is 0 Å². The summed E-state index contributed by atoms with van der Waals surface area (Å²) in [4.78, 5) is 14.6. The van der Waals surface area contributed by atoms with Gasteiger partial charge in [0.2, 0.25) is 0 Å². The summed E-state index contributed by atoms with van der Waals surface area (Å²) in [5, 5.41) is 8.17. The van der Waals surface area contributed by atoms with Crippen molar-refractivity contribution in [3.05, 3.63) is 41.7 Å². The van der Waals surface area contributed by atoms with Crippen LogP contribution in [-0.4, -0.2) is 44.9 Å². The van der Waals surface area contributed by atoms with Crippen molar-refractivity contribution in [3.8, 4) is 5.69 Å². The second-order valence-electron chi connectivity index (χ2n) is 6.76. The molecule has 1 aliphatic heterocycles. The summed E-state index contributed by atoms with van der Waals surface area (Å²) < 4.78 is 1.66. The maximum absolute atomic E-state index is 12.7. The van der Waals surface area contributed by atoms with Crippen molar-refractivity contribution in [2.45, 2.75) is 25.8 Å². The lowest BCUT2D eigenvalue weighted by Gasteiger charge is -2.17. The van der Waals surface area contributed by atoms with E-state index in [1.807, 2.05) is 36.1 Å². The standard InChI is InChI=1S/C17H21N5O/c1-11-3-2-4-13(7-11)22-10-16(19-20-22)17(23)21-8-12-5-6-15(18)14(12)9-21/h2-4,7,10,12,14-15H,5-6,8-9,18H2,1H3. The molecule has 1 saturated heterocycles. The van der Waals surface area contributed by atoms with Gasteiger partial charge in [-0.2, -0.15) is 0 Å². The molecule has 6 heteroatoms. The number of carbonyl (C=O) groups is 1. The topological polar surface area (TPSA) is 77.0 Å². The first-order chi connectivity index (χ1) is 11.1. The van der Waals surface area contributed by atoms with Gasteiger partial charge in [-0.15, -0.1) is 5.10 Å². The van der Waals surface area contributed by atoms with Crippen molar-refractivity contribution in [3.63, 3.8) is 0 Å². The van der Waals surface area contributed by atoms with Crippen molar-refractivity contribution in [1.82, 2.24) is 19.9 Å². The van der Waals surface area contributed by atoms with E-state index in [2.05, 4.69) is 10.3 Å². The fourth-order valence-corrected chi connectivity index (χ4v) is 3.89. The van der Waals surface area contributed by atoms with Crippen LogP contribution in [0.3, 0.4) is 0 Å². The predicted octanol–water partition coefficient (Wildman–Crippen LogP) is 1.39. The van der Waals surface area contributed by atoms with Crippen molar-refractivity contribution in [1.29, 1.82) is 0 Å². The number of aromatic nitrogens is 3. The Hall–Kier alpha value is -2.21. The monoisotopic (exact) mass is 311 g/mol. The number of nitrogens with two attached hydrogens (primary N) is 1. The van der Waals surface area contributed by atoms with Gasteiger partial charge in [-0.1, -0.05) is 17.3 Å². The molecular weight excluding hydrogens is 290 g/mol. The Labute approximate surface area is 135 Å². The normalized spacial score (nSPS) is 26.5. The van der Waals surface area contributed by atoms with Gasteiger partial charge in [-0.3, -0.25) is 4.79 Å². The summed E-state index contributed by atoms with van der Waals surface area (Å²) in [7, 11) is 0. The number of fused-ring (bicyclic) bond motifs is 1. The fraction of sp³-hybridized carbons (Fsp3) is 0.471. The summed E-state index contributed by atoms with van der Waals surface area (Å²) in [6, 6.07) is 8.20. The van der Waals surface area contributed by atoms with Gasteiger partial charge in [0.25, 0.3) is 5.91 Å². The van der Waals surface area contributed by atoms with Crippen LogP contribution in [0.2, 0.25) is 0 Å². The molecule has 23 heavy (non-hydrogen) atoms. The van der Waals surface area contributed by atoms with Gasteiger partial charge in [0, 0.05) is 19.1 Å². The minimum Gasteiger partial charge on any atom is -0.337 e. The molecule has 2 fully saturated rings. The van der Waals surface area contributed by atoms with E-state index in [-0.39, 0.29) is 11.9 Å². The zero-order chi connectivity index (χ0) is 16.0. The van der Waals surface area contributed by atoms with Gasteiger partial charge in [-0.25, -0.2) is 4.68 Å². The Bertz CT molecular complexity index is 740. The van der Waals surface area contributed by atoms with Gasteiger partial charge in [-0.05, 0) is 49.3 Å². The van der Waals surface area contributed by atoms with Crippen LogP contribution in [0.5, 0.6) is 0 Å². The average molecular weight is 311 g/mol. The number of hydrogen-bond acceptors (Lipinski definition) is 4. The third kappa shape index (κ3) is 2.53. The number of nitrogens with zero attached hydrogens (tertiary/aromatic N) is 4. The van der Waals surface area contributed by atoms with Crippen LogP contribution in [0.15, 0.2) is 30.5 Å². The van der Waals surface area contributed by atoms with E-state index in [1.54, 1.807) is 10.9 Å². The zero-order valence-electron chi connectivity index (χ0n) is 13.2. The van der Waals surface area contributed by atoms with E-state index in [4.69, 9.17) is 5.73 Å². The second kappa shape index (κ2) is 5.45. The SMILES string of the molecule is Cc1cccc(-n2cc(C(=O)N3CC4CCC(N)C4C3)nn2)c1. The molecule has 3 atom stereocenters. The highest BCUT2D eigenvalue weighted by atomic mass is 16.2. The number of hydrogen-bond donors (Lipinski definition) is 1. The zero-order valence-corrected chi connectivity index (χ0v) is 13.2. The minimum absolute atomic E-state index is 0.0366. The molecular formula is C17H21N5O. The van der Waals surface area contributed by atoms with Crippen LogP contribution in [0.1, 0.15) is 28.9 Å². The Morgan fingerprint density at radius 2 is 2.17 bits per heavy atom. The smallest absolute Gasteiger partial charge is 0.276 e. The number of carbonyl (C=O) groups excluding carboxylic acids is 1. The molecule has 0 radical (unpaired) electrons. The summed E-state index contributed by atoms with van der Waals surface area (Å²) in [6.45, 7) is 3.58. The largest absolute Gasteiger partial charge is 0.337 e. The van der Waals surface area contributed by atoms with Crippen LogP contribution in [0.25, 0.3) is 5.69 Å². The molecule has 2 N–H and O–H groups in total. The summed E-state index contributed by atoms with van der Waals surface area (Å²) in [5.74, 6) is 0.969. The number of likely N-dealkylation sites (tertiary alicyclic amines) is 1. The molecule has 1 aliphatic carbocycles. The molecule has 6 nitrogen and oxygen atoms in total. The van der Waals surface area contributed by atoms with E-state index in [0.717, 1.165) is 37.2 Å². The lowest BCUT2D eigenvalue weighted by Crippen LogP contribution is -2.33. The van der Waals surface area contributed by atoms with Gasteiger partial charge in [0.15, 0.2) is 5.69 Å². The van der Waals surface area contributed by atoms with Crippen molar-refractivity contribution < 1.29 is 4.79 Å². The second-order valence-corrected chi connectivity index (χ2v) is 6.76. The summed E-state index contributed by atoms with van der Waals surface area (Å²) in [6.07, 6.45) is 3.93. The van der Waals surface area contributed by atoms with Gasteiger partial charge in [0.1, 0.15) is 0 Å². The molecule has 3 unspecified atom stereocenters. The molecule has 2 heterocycles. The highest BCUT2D eigenvalue weighted by molar-refractivity contribution is 5.92. The van der Waals surface area contributed by atoms with Crippen LogP contribution in [-0.2, 0) is 0 Å². The molecule has 1 amide bonds. The van der Waals surface area contributed by atoms with Crippen LogP contribution >= 0.6 is 0 Å². The molecule has 1 aromatic carbocycles. The average Bonchev–Trinajstić information content (AvgIpc) is 3.24. The van der Waals surface area contributed by atoms with Gasteiger partial charge < -0.3 is 10.6 Å². The van der Waals surface area contributed by atoms with Crippen molar-refractivity contribution in [2.75, 3.05) is 13.1 Å². The number of rotatable bonds is 2. The van der Waals surface area contributed by atoms with Crippen LogP contribution in [0.4, 0.5) is 0 Å². The Morgan fingerprint density at radius 1 is 1.30 bits per heavy atom. The molecule has 120 valence electrons. The molecule has 4 rings (SSSR count). The first kappa shape index (κ1) is 14.4. The molecule has 2 aromatic rings. The van der Waals surface area contributed by atoms with Crippen LogP contribution < -0.4 is 5.73 Å². The Kier molecular flexibility index (Phi) is 3.41. The molecule has 0 spiro atoms. The first-order valence-corrected chi connectivity index (χ1v) is 8.16. The van der Waals surface area contributed by atoms with Crippen LogP contribution in [0, 0.1) is 18.8 Å². The number of aryl methyl sites for hydroxylation is 1. The third-order valence-electron chi connectivity index (χ3n) is 5.18. The minimum atomic E-state index is -0.0366. The third-order valence-corrected chi connectivity index (χ3v) is 5.18. The lowest BCUT2D eigenvalue weighted by molar-refractivity contribution is 0.0773. The van der Waals surface area contributed by atoms with Crippen molar-refractivity contribution >= 4 is 5.91 Å². The highest BCUT2D eigenvalue weighted by Gasteiger charge is 2.43. The van der Waals surface area contributed by atoms with Gasteiger partial charge in [0.05, 0.1) is 11.9 Å². The fourth-order valence-electron chi connectivity index (χ4n) is 3.89. The predicted molar refractivity (Wildman–Crippen MR) is 86.2 cm³/mol. The molecule has 0 bridgehead atoms. The lowest BCUT2D eigenvalue weighted by atomic mass is 9.98. The number of benzene rings is 1. The van der Waals surface area contributed by atoms with E-state index < -0.39 is 0 Å². The van der Waals surface area contributed by atoms with E-state index in [1.165, 1.54) is 0 Å². The van der Waals surface area contributed by atoms with E-state index in [0.29, 0.717) is 17.5 Å². The van der Waals surface area contributed by atoms with E-state index in [9.17, 15) is 4.79 Å².